The van der Waals surface area contributed by atoms with Gasteiger partial charge >= 0.3 is 5.97 Å². The van der Waals surface area contributed by atoms with Gasteiger partial charge in [-0.3, -0.25) is 14.9 Å². The summed E-state index contributed by atoms with van der Waals surface area (Å²) in [6.07, 6.45) is 3.35. The van der Waals surface area contributed by atoms with Crippen molar-refractivity contribution in [3.63, 3.8) is 0 Å². The minimum atomic E-state index is -0.887. The standard InChI is InChI=1S/C25H23ClN4O5/c1-3-6-18(13-17-10-11-23(21(26)14-17)29-12-5-7-19(29)15-27)24(31)28-35-25(32)20-8-4-9-22(16(20)2)30(33)34/h4-5,7-12,14,18H,3,6,13H2,1-2H3,(H,28,31). The molecule has 0 bridgehead atoms. The van der Waals surface area contributed by atoms with Gasteiger partial charge in [0.1, 0.15) is 11.8 Å². The van der Waals surface area contributed by atoms with Crippen molar-refractivity contribution in [3.8, 4) is 11.8 Å². The molecule has 1 N–H and O–H groups in total. The van der Waals surface area contributed by atoms with Crippen LogP contribution in [0.1, 0.15) is 46.9 Å². The van der Waals surface area contributed by atoms with E-state index in [-0.39, 0.29) is 16.8 Å². The number of benzene rings is 2. The van der Waals surface area contributed by atoms with E-state index < -0.39 is 22.7 Å². The van der Waals surface area contributed by atoms with Crippen molar-refractivity contribution in [1.29, 1.82) is 5.26 Å². The summed E-state index contributed by atoms with van der Waals surface area (Å²) in [5.41, 5.74) is 4.03. The number of hydroxylamine groups is 1. The molecule has 2 aromatic carbocycles. The Kier molecular flexibility index (Phi) is 8.23. The summed E-state index contributed by atoms with van der Waals surface area (Å²) in [6.45, 7) is 3.38. The summed E-state index contributed by atoms with van der Waals surface area (Å²) in [6, 6.07) is 15.0. The number of nitriles is 1. The van der Waals surface area contributed by atoms with Gasteiger partial charge in [0.25, 0.3) is 11.6 Å². The molecule has 180 valence electrons. The number of halogens is 1. The lowest BCUT2D eigenvalue weighted by atomic mass is 9.94. The molecule has 3 aromatic rings. The van der Waals surface area contributed by atoms with Crippen LogP contribution in [0.2, 0.25) is 5.02 Å². The fraction of sp³-hybridized carbons (Fsp3) is 0.240. The van der Waals surface area contributed by atoms with Gasteiger partial charge < -0.3 is 9.40 Å². The predicted molar refractivity (Wildman–Crippen MR) is 129 cm³/mol. The maximum atomic E-state index is 12.8. The van der Waals surface area contributed by atoms with E-state index >= 15 is 0 Å². The van der Waals surface area contributed by atoms with Crippen molar-refractivity contribution >= 4 is 29.2 Å². The van der Waals surface area contributed by atoms with Crippen LogP contribution >= 0.6 is 11.6 Å². The molecule has 1 unspecified atom stereocenters. The van der Waals surface area contributed by atoms with E-state index in [0.29, 0.717) is 29.2 Å². The van der Waals surface area contributed by atoms with E-state index in [1.54, 1.807) is 35.0 Å². The molecule has 0 aliphatic heterocycles. The molecule has 0 fully saturated rings. The Morgan fingerprint density at radius 3 is 2.69 bits per heavy atom. The van der Waals surface area contributed by atoms with Crippen LogP contribution in [0.15, 0.2) is 54.7 Å². The predicted octanol–water partition coefficient (Wildman–Crippen LogP) is 5.07. The lowest BCUT2D eigenvalue weighted by Crippen LogP contribution is -2.34. The zero-order valence-corrected chi connectivity index (χ0v) is 19.9. The van der Waals surface area contributed by atoms with Crippen LogP contribution in [0.25, 0.3) is 5.69 Å². The third kappa shape index (κ3) is 5.86. The number of nitro benzene ring substituents is 1. The zero-order valence-electron chi connectivity index (χ0n) is 19.2. The normalized spacial score (nSPS) is 11.4. The number of amides is 1. The van der Waals surface area contributed by atoms with Crippen LogP contribution in [0.4, 0.5) is 5.69 Å². The monoisotopic (exact) mass is 494 g/mol. The highest BCUT2D eigenvalue weighted by Gasteiger charge is 2.23. The molecular weight excluding hydrogens is 472 g/mol. The van der Waals surface area contributed by atoms with Gasteiger partial charge in [0, 0.05) is 23.7 Å². The maximum absolute atomic E-state index is 12.8. The topological polar surface area (TPSA) is 127 Å². The number of nitrogens with one attached hydrogen (secondary N) is 1. The summed E-state index contributed by atoms with van der Waals surface area (Å²) in [5, 5.41) is 20.8. The highest BCUT2D eigenvalue weighted by atomic mass is 35.5. The van der Waals surface area contributed by atoms with Crippen molar-refractivity contribution in [2.24, 2.45) is 5.92 Å². The summed E-state index contributed by atoms with van der Waals surface area (Å²) in [4.78, 5) is 40.7. The number of hydrogen-bond acceptors (Lipinski definition) is 6. The first-order chi connectivity index (χ1) is 16.8. The van der Waals surface area contributed by atoms with Crippen LogP contribution in [0, 0.1) is 34.3 Å². The molecule has 35 heavy (non-hydrogen) atoms. The second-order valence-electron chi connectivity index (χ2n) is 7.91. The molecular formula is C25H23ClN4O5. The summed E-state index contributed by atoms with van der Waals surface area (Å²) in [7, 11) is 0. The highest BCUT2D eigenvalue weighted by molar-refractivity contribution is 6.32. The Balaban J connectivity index is 1.70. The first-order valence-corrected chi connectivity index (χ1v) is 11.3. The summed E-state index contributed by atoms with van der Waals surface area (Å²) >= 11 is 6.46. The van der Waals surface area contributed by atoms with Crippen molar-refractivity contribution in [3.05, 3.63) is 92.2 Å². The van der Waals surface area contributed by atoms with Crippen molar-refractivity contribution in [2.45, 2.75) is 33.1 Å². The van der Waals surface area contributed by atoms with Crippen molar-refractivity contribution in [1.82, 2.24) is 10.0 Å². The van der Waals surface area contributed by atoms with Crippen molar-refractivity contribution < 1.29 is 19.3 Å². The number of hydrogen-bond donors (Lipinski definition) is 1. The molecule has 1 atom stereocenters. The van der Waals surface area contributed by atoms with E-state index in [1.165, 1.54) is 25.1 Å². The molecule has 0 radical (unpaired) electrons. The van der Waals surface area contributed by atoms with Gasteiger partial charge in [-0.05, 0) is 55.7 Å². The first kappa shape index (κ1) is 25.5. The minimum Gasteiger partial charge on any atom is -0.335 e. The average molecular weight is 495 g/mol. The zero-order chi connectivity index (χ0) is 25.5. The average Bonchev–Trinajstić information content (AvgIpc) is 3.30. The number of aromatic nitrogens is 1. The Morgan fingerprint density at radius 2 is 2.03 bits per heavy atom. The lowest BCUT2D eigenvalue weighted by molar-refractivity contribution is -0.385. The third-order valence-electron chi connectivity index (χ3n) is 5.59. The molecule has 0 saturated heterocycles. The summed E-state index contributed by atoms with van der Waals surface area (Å²) < 4.78 is 1.68. The van der Waals surface area contributed by atoms with Gasteiger partial charge in [0.05, 0.1) is 21.2 Å². The van der Waals surface area contributed by atoms with Crippen LogP contribution < -0.4 is 5.48 Å². The molecule has 1 aromatic heterocycles. The Bertz CT molecular complexity index is 1310. The Morgan fingerprint density at radius 1 is 1.26 bits per heavy atom. The van der Waals surface area contributed by atoms with E-state index in [2.05, 4.69) is 11.5 Å². The smallest absolute Gasteiger partial charge is 0.335 e. The van der Waals surface area contributed by atoms with Gasteiger partial charge in [0.15, 0.2) is 0 Å². The van der Waals surface area contributed by atoms with Crippen molar-refractivity contribution in [2.75, 3.05) is 0 Å². The molecule has 0 spiro atoms. The van der Waals surface area contributed by atoms with E-state index in [4.69, 9.17) is 16.4 Å². The molecule has 1 amide bonds. The molecule has 0 aliphatic carbocycles. The van der Waals surface area contributed by atoms with E-state index in [1.807, 2.05) is 13.0 Å². The number of rotatable bonds is 8. The number of nitrogens with zero attached hydrogens (tertiary/aromatic N) is 3. The van der Waals surface area contributed by atoms with Gasteiger partial charge in [0.2, 0.25) is 0 Å². The molecule has 0 aliphatic rings. The quantitative estimate of drug-likeness (QED) is 0.344. The van der Waals surface area contributed by atoms with Crippen LogP contribution in [-0.2, 0) is 16.1 Å². The van der Waals surface area contributed by atoms with Crippen LogP contribution in [-0.4, -0.2) is 21.4 Å². The van der Waals surface area contributed by atoms with Crippen LogP contribution in [0.5, 0.6) is 0 Å². The Hall–Kier alpha value is -4.16. The second kappa shape index (κ2) is 11.3. The fourth-order valence-corrected chi connectivity index (χ4v) is 4.09. The number of carbonyl (C=O) groups is 2. The SMILES string of the molecule is CCCC(Cc1ccc(-n2cccc2C#N)c(Cl)c1)C(=O)NOC(=O)c1cccc([N+](=O)[O-])c1C. The lowest BCUT2D eigenvalue weighted by Gasteiger charge is -2.17. The van der Waals surface area contributed by atoms with Crippen LogP contribution in [0.3, 0.4) is 0 Å². The molecule has 0 saturated carbocycles. The van der Waals surface area contributed by atoms with E-state index in [0.717, 1.165) is 12.0 Å². The van der Waals surface area contributed by atoms with Gasteiger partial charge in [-0.25, -0.2) is 4.79 Å². The number of carbonyl (C=O) groups excluding carboxylic acids is 2. The second-order valence-corrected chi connectivity index (χ2v) is 8.32. The molecule has 9 nitrogen and oxygen atoms in total. The molecule has 3 rings (SSSR count). The fourth-order valence-electron chi connectivity index (χ4n) is 3.79. The Labute approximate surface area is 207 Å². The highest BCUT2D eigenvalue weighted by Crippen LogP contribution is 2.26. The minimum absolute atomic E-state index is 0.00402. The van der Waals surface area contributed by atoms with Gasteiger partial charge in [-0.1, -0.05) is 37.1 Å². The maximum Gasteiger partial charge on any atom is 0.363 e. The third-order valence-corrected chi connectivity index (χ3v) is 5.89. The molecule has 1 heterocycles. The largest absolute Gasteiger partial charge is 0.363 e. The van der Waals surface area contributed by atoms with Gasteiger partial charge in [-0.15, -0.1) is 0 Å². The first-order valence-electron chi connectivity index (χ1n) is 10.9. The number of nitro groups is 1. The summed E-state index contributed by atoms with van der Waals surface area (Å²) in [5.74, 6) is -1.87. The molecule has 10 heteroatoms. The van der Waals surface area contributed by atoms with Gasteiger partial charge in [-0.2, -0.15) is 10.7 Å². The van der Waals surface area contributed by atoms with E-state index in [9.17, 15) is 25.0 Å².